The van der Waals surface area contributed by atoms with Crippen LogP contribution in [0.15, 0.2) is 91.0 Å². The first-order valence-corrected chi connectivity index (χ1v) is 15.5. The average Bonchev–Trinajstić information content (AvgIpc) is 2.68. The van der Waals surface area contributed by atoms with Gasteiger partial charge in [-0.15, -0.1) is 22.2 Å². The van der Waals surface area contributed by atoms with Gasteiger partial charge < -0.3 is 0 Å². The van der Waals surface area contributed by atoms with Gasteiger partial charge in [0.25, 0.3) is 6.69 Å². The standard InChI is InChI=1S/C21H22Cl2Si2/c1-24(19-11-5-2-6-12-19,20-13-7-3-8-14-20)17-18-25(22,23)21-15-9-4-10-16-21/h2-16H,17-18H2,1H3. The predicted molar refractivity (Wildman–Crippen MR) is 117 cm³/mol. The lowest BCUT2D eigenvalue weighted by atomic mass is 10.4. The SMILES string of the molecule is C[Si](CC[Si](Cl)(Cl)c1ccccc1)(c1ccccc1)c1ccccc1. The average molecular weight is 401 g/mol. The van der Waals surface area contributed by atoms with Crippen LogP contribution >= 0.6 is 22.2 Å². The molecule has 0 spiro atoms. The van der Waals surface area contributed by atoms with Crippen molar-refractivity contribution in [3.8, 4) is 0 Å². The molecule has 3 aromatic carbocycles. The summed E-state index contributed by atoms with van der Waals surface area (Å²) < 4.78 is 0. The van der Waals surface area contributed by atoms with Crippen LogP contribution in [0.3, 0.4) is 0 Å². The molecule has 0 unspecified atom stereocenters. The van der Waals surface area contributed by atoms with Crippen LogP contribution in [0.25, 0.3) is 0 Å². The summed E-state index contributed by atoms with van der Waals surface area (Å²) in [5, 5.41) is 3.98. The van der Waals surface area contributed by atoms with Crippen molar-refractivity contribution in [2.24, 2.45) is 0 Å². The second-order valence-electron chi connectivity index (χ2n) is 6.63. The molecule has 0 nitrogen and oxygen atoms in total. The second kappa shape index (κ2) is 7.92. The first-order valence-electron chi connectivity index (χ1n) is 8.57. The summed E-state index contributed by atoms with van der Waals surface area (Å²) in [6.45, 7) is -0.0443. The van der Waals surface area contributed by atoms with Crippen LogP contribution in [0.2, 0.25) is 18.6 Å². The van der Waals surface area contributed by atoms with Crippen LogP contribution in [-0.2, 0) is 0 Å². The minimum Gasteiger partial charge on any atom is -0.140 e. The van der Waals surface area contributed by atoms with Gasteiger partial charge in [-0.05, 0) is 17.3 Å². The fourth-order valence-corrected chi connectivity index (χ4v) is 12.7. The van der Waals surface area contributed by atoms with E-state index in [0.29, 0.717) is 0 Å². The topological polar surface area (TPSA) is 0 Å². The summed E-state index contributed by atoms with van der Waals surface area (Å²) in [4.78, 5) is 0. The second-order valence-corrected chi connectivity index (χ2v) is 17.9. The number of benzene rings is 3. The van der Waals surface area contributed by atoms with Gasteiger partial charge in [0.05, 0.1) is 0 Å². The summed E-state index contributed by atoms with van der Waals surface area (Å²) in [5.74, 6) is 0. The largest absolute Gasteiger partial charge is 0.280 e. The molecule has 3 aromatic rings. The zero-order valence-electron chi connectivity index (χ0n) is 14.3. The van der Waals surface area contributed by atoms with Crippen LogP contribution in [0, 0.1) is 0 Å². The van der Waals surface area contributed by atoms with Gasteiger partial charge in [0.2, 0.25) is 0 Å². The Morgan fingerprint density at radius 1 is 0.560 bits per heavy atom. The van der Waals surface area contributed by atoms with Gasteiger partial charge in [-0.25, -0.2) is 0 Å². The number of hydrogen-bond acceptors (Lipinski definition) is 0. The van der Waals surface area contributed by atoms with Crippen molar-refractivity contribution in [1.29, 1.82) is 0 Å². The van der Waals surface area contributed by atoms with Crippen molar-refractivity contribution in [2.75, 3.05) is 0 Å². The molecule has 0 aliphatic heterocycles. The van der Waals surface area contributed by atoms with E-state index in [0.717, 1.165) is 17.3 Å². The highest BCUT2D eigenvalue weighted by molar-refractivity contribution is 7.51. The van der Waals surface area contributed by atoms with Crippen molar-refractivity contribution < 1.29 is 0 Å². The van der Waals surface area contributed by atoms with Gasteiger partial charge in [0, 0.05) is 0 Å². The number of halogens is 2. The molecule has 3 rings (SSSR count). The van der Waals surface area contributed by atoms with E-state index in [-0.39, 0.29) is 0 Å². The van der Waals surface area contributed by atoms with E-state index in [9.17, 15) is 0 Å². The van der Waals surface area contributed by atoms with Crippen LogP contribution in [-0.4, -0.2) is 14.8 Å². The summed E-state index contributed by atoms with van der Waals surface area (Å²) in [5.41, 5.74) is 0. The molecule has 0 radical (unpaired) electrons. The van der Waals surface area contributed by atoms with E-state index in [2.05, 4.69) is 79.3 Å². The van der Waals surface area contributed by atoms with Crippen molar-refractivity contribution in [1.82, 2.24) is 0 Å². The summed E-state index contributed by atoms with van der Waals surface area (Å²) in [6, 6.07) is 33.8. The van der Waals surface area contributed by atoms with Crippen molar-refractivity contribution >= 4 is 52.5 Å². The molecule has 0 atom stereocenters. The van der Waals surface area contributed by atoms with E-state index in [4.69, 9.17) is 22.2 Å². The fourth-order valence-electron chi connectivity index (χ4n) is 3.30. The van der Waals surface area contributed by atoms with E-state index in [1.807, 2.05) is 18.2 Å². The third kappa shape index (κ3) is 4.26. The highest BCUT2D eigenvalue weighted by Gasteiger charge is 2.38. The molecular formula is C21H22Cl2Si2. The Bertz CT molecular complexity index is 750. The molecule has 25 heavy (non-hydrogen) atoms. The van der Waals surface area contributed by atoms with E-state index in [1.165, 1.54) is 10.4 Å². The van der Waals surface area contributed by atoms with E-state index >= 15 is 0 Å². The van der Waals surface area contributed by atoms with E-state index in [1.54, 1.807) is 0 Å². The highest BCUT2D eigenvalue weighted by Crippen LogP contribution is 2.27. The Kier molecular flexibility index (Phi) is 5.85. The molecule has 0 heterocycles. The predicted octanol–water partition coefficient (Wildman–Crippen LogP) is 4.71. The fraction of sp³-hybridized carbons (Fsp3) is 0.143. The maximum absolute atomic E-state index is 6.87. The summed E-state index contributed by atoms with van der Waals surface area (Å²) in [6.07, 6.45) is 0. The maximum Gasteiger partial charge on any atom is 0.280 e. The summed E-state index contributed by atoms with van der Waals surface area (Å²) in [7, 11) is -1.88. The Hall–Kier alpha value is -1.33. The van der Waals surface area contributed by atoms with Crippen molar-refractivity contribution in [2.45, 2.75) is 18.6 Å². The molecule has 0 fully saturated rings. The molecule has 0 aromatic heterocycles. The van der Waals surface area contributed by atoms with Gasteiger partial charge in [-0.1, -0.05) is 108 Å². The molecule has 0 aliphatic rings. The lowest BCUT2D eigenvalue weighted by Crippen LogP contribution is -2.56. The first kappa shape index (κ1) is 18.5. The quantitative estimate of drug-likeness (QED) is 0.415. The van der Waals surface area contributed by atoms with Gasteiger partial charge in [0.1, 0.15) is 8.07 Å². The Morgan fingerprint density at radius 3 is 1.32 bits per heavy atom. The molecule has 0 saturated heterocycles. The van der Waals surface area contributed by atoms with Crippen LogP contribution < -0.4 is 15.6 Å². The van der Waals surface area contributed by atoms with Gasteiger partial charge >= 0.3 is 0 Å². The van der Waals surface area contributed by atoms with Gasteiger partial charge in [-0.3, -0.25) is 0 Å². The zero-order valence-corrected chi connectivity index (χ0v) is 17.8. The normalized spacial score (nSPS) is 12.1. The third-order valence-corrected chi connectivity index (χ3v) is 14.4. The first-order chi connectivity index (χ1) is 12.0. The smallest absolute Gasteiger partial charge is 0.140 e. The molecular weight excluding hydrogens is 379 g/mol. The lowest BCUT2D eigenvalue weighted by Gasteiger charge is -2.31. The van der Waals surface area contributed by atoms with Gasteiger partial charge in [0.15, 0.2) is 0 Å². The van der Waals surface area contributed by atoms with Crippen molar-refractivity contribution in [3.05, 3.63) is 91.0 Å². The molecule has 4 heteroatoms. The Labute approximate surface area is 161 Å². The van der Waals surface area contributed by atoms with Crippen LogP contribution in [0.4, 0.5) is 0 Å². The molecule has 0 N–H and O–H groups in total. The molecule has 0 amide bonds. The number of rotatable bonds is 6. The van der Waals surface area contributed by atoms with Gasteiger partial charge in [-0.2, -0.15) is 0 Å². The van der Waals surface area contributed by atoms with Crippen molar-refractivity contribution in [3.63, 3.8) is 0 Å². The monoisotopic (exact) mass is 400 g/mol. The third-order valence-electron chi connectivity index (χ3n) is 4.96. The Balaban J connectivity index is 1.92. The lowest BCUT2D eigenvalue weighted by molar-refractivity contribution is 1.35. The molecule has 0 bridgehead atoms. The highest BCUT2D eigenvalue weighted by atomic mass is 35.7. The van der Waals surface area contributed by atoms with E-state index < -0.39 is 14.8 Å². The zero-order chi connectivity index (χ0) is 17.8. The number of hydrogen-bond donors (Lipinski definition) is 0. The van der Waals surface area contributed by atoms with Crippen LogP contribution in [0.1, 0.15) is 0 Å². The van der Waals surface area contributed by atoms with Crippen LogP contribution in [0.5, 0.6) is 0 Å². The molecule has 0 aliphatic carbocycles. The Morgan fingerprint density at radius 2 is 0.920 bits per heavy atom. The summed E-state index contributed by atoms with van der Waals surface area (Å²) >= 11 is 13.7. The molecule has 0 saturated carbocycles. The maximum atomic E-state index is 6.87. The minimum atomic E-state index is -2.48. The molecule has 128 valence electrons. The minimum absolute atomic E-state index is 0.868.